The maximum absolute atomic E-state index is 12.3. The first-order chi connectivity index (χ1) is 11.0. The van der Waals surface area contributed by atoms with Crippen molar-refractivity contribution < 1.29 is 9.59 Å². The van der Waals surface area contributed by atoms with E-state index < -0.39 is 0 Å². The summed E-state index contributed by atoms with van der Waals surface area (Å²) in [6, 6.07) is 6.72. The molecule has 0 radical (unpaired) electrons. The van der Waals surface area contributed by atoms with Gasteiger partial charge < -0.3 is 10.6 Å². The number of benzene rings is 1. The van der Waals surface area contributed by atoms with E-state index in [1.807, 2.05) is 13.0 Å². The minimum Gasteiger partial charge on any atom is -0.349 e. The highest BCUT2D eigenvalue weighted by atomic mass is 35.5. The van der Waals surface area contributed by atoms with Crippen molar-refractivity contribution in [1.29, 1.82) is 0 Å². The summed E-state index contributed by atoms with van der Waals surface area (Å²) in [5.41, 5.74) is 2.09. The van der Waals surface area contributed by atoms with Gasteiger partial charge in [0.15, 0.2) is 0 Å². The van der Waals surface area contributed by atoms with Gasteiger partial charge in [-0.3, -0.25) is 14.6 Å². The van der Waals surface area contributed by atoms with Crippen LogP contribution in [0.25, 0.3) is 0 Å². The molecular weight excluding hydrogens is 314 g/mol. The van der Waals surface area contributed by atoms with Crippen molar-refractivity contribution in [1.82, 2.24) is 10.3 Å². The fourth-order valence-corrected chi connectivity index (χ4v) is 2.05. The lowest BCUT2D eigenvalue weighted by atomic mass is 10.1. The standard InChI is InChI=1S/C17H16ClN3O2/c1-3-6-20-16(22)12-7-13(10-19-9-12)17(23)21-15-8-14(18)5-4-11(15)2/h3-5,7-10H,1,6H2,2H3,(H,20,22)(H,21,23). The van der Waals surface area contributed by atoms with Crippen molar-refractivity contribution in [2.24, 2.45) is 0 Å². The van der Waals surface area contributed by atoms with Gasteiger partial charge in [0.05, 0.1) is 11.1 Å². The lowest BCUT2D eigenvalue weighted by Gasteiger charge is -2.09. The zero-order valence-corrected chi connectivity index (χ0v) is 13.4. The molecule has 0 saturated heterocycles. The van der Waals surface area contributed by atoms with Gasteiger partial charge in [-0.2, -0.15) is 0 Å². The summed E-state index contributed by atoms with van der Waals surface area (Å²) in [6.45, 7) is 5.74. The van der Waals surface area contributed by atoms with Crippen LogP contribution in [0.5, 0.6) is 0 Å². The highest BCUT2D eigenvalue weighted by Crippen LogP contribution is 2.20. The van der Waals surface area contributed by atoms with Gasteiger partial charge in [-0.15, -0.1) is 6.58 Å². The summed E-state index contributed by atoms with van der Waals surface area (Å²) in [4.78, 5) is 28.2. The first kappa shape index (κ1) is 16.7. The average Bonchev–Trinajstić information content (AvgIpc) is 2.56. The molecule has 1 heterocycles. The average molecular weight is 330 g/mol. The fraction of sp³-hybridized carbons (Fsp3) is 0.118. The summed E-state index contributed by atoms with van der Waals surface area (Å²) in [5.74, 6) is -0.674. The molecule has 6 heteroatoms. The van der Waals surface area contributed by atoms with E-state index in [4.69, 9.17) is 11.6 Å². The molecule has 0 unspecified atom stereocenters. The van der Waals surface area contributed by atoms with Crippen LogP contribution in [0.1, 0.15) is 26.3 Å². The Balaban J connectivity index is 2.18. The third kappa shape index (κ3) is 4.40. The Bertz CT molecular complexity index is 759. The van der Waals surface area contributed by atoms with Gasteiger partial charge in [0.2, 0.25) is 0 Å². The molecule has 0 aliphatic rings. The second-order valence-corrected chi connectivity index (χ2v) is 5.31. The highest BCUT2D eigenvalue weighted by molar-refractivity contribution is 6.31. The van der Waals surface area contributed by atoms with Gasteiger partial charge in [0, 0.05) is 29.6 Å². The number of carbonyl (C=O) groups is 2. The first-order valence-electron chi connectivity index (χ1n) is 6.93. The van der Waals surface area contributed by atoms with Gasteiger partial charge in [0.1, 0.15) is 0 Å². The summed E-state index contributed by atoms with van der Waals surface area (Å²) >= 11 is 5.94. The second-order valence-electron chi connectivity index (χ2n) is 4.87. The van der Waals surface area contributed by atoms with Crippen LogP contribution in [-0.2, 0) is 0 Å². The minimum absolute atomic E-state index is 0.288. The van der Waals surface area contributed by atoms with Gasteiger partial charge >= 0.3 is 0 Å². The molecule has 0 fully saturated rings. The summed E-state index contributed by atoms with van der Waals surface area (Å²) in [5, 5.41) is 5.93. The number of halogens is 1. The topological polar surface area (TPSA) is 71.1 Å². The number of aryl methyl sites for hydroxylation is 1. The number of anilines is 1. The van der Waals surface area contributed by atoms with Crippen molar-refractivity contribution in [2.75, 3.05) is 11.9 Å². The minimum atomic E-state index is -0.360. The maximum atomic E-state index is 12.3. The van der Waals surface area contributed by atoms with Crippen LogP contribution < -0.4 is 10.6 Å². The molecule has 5 nitrogen and oxygen atoms in total. The third-order valence-corrected chi connectivity index (χ3v) is 3.35. The molecule has 0 aliphatic heterocycles. The quantitative estimate of drug-likeness (QED) is 0.827. The number of hydrogen-bond donors (Lipinski definition) is 2. The number of carbonyl (C=O) groups excluding carboxylic acids is 2. The number of aromatic nitrogens is 1. The van der Waals surface area contributed by atoms with Crippen LogP contribution >= 0.6 is 11.6 Å². The summed E-state index contributed by atoms with van der Waals surface area (Å²) < 4.78 is 0. The number of nitrogens with one attached hydrogen (secondary N) is 2. The van der Waals surface area contributed by atoms with E-state index in [0.717, 1.165) is 5.56 Å². The van der Waals surface area contributed by atoms with Crippen LogP contribution in [0.3, 0.4) is 0 Å². The molecule has 1 aromatic carbocycles. The number of amides is 2. The lowest BCUT2D eigenvalue weighted by molar-refractivity contribution is 0.0957. The largest absolute Gasteiger partial charge is 0.349 e. The molecule has 0 aliphatic carbocycles. The van der Waals surface area contributed by atoms with E-state index in [1.165, 1.54) is 18.5 Å². The molecular formula is C17H16ClN3O2. The molecule has 0 bridgehead atoms. The Labute approximate surface area is 139 Å². The molecule has 0 saturated carbocycles. The van der Waals surface area contributed by atoms with E-state index in [0.29, 0.717) is 22.8 Å². The van der Waals surface area contributed by atoms with Gasteiger partial charge in [-0.05, 0) is 30.7 Å². The molecule has 1 aromatic heterocycles. The monoisotopic (exact) mass is 329 g/mol. The van der Waals surface area contributed by atoms with Crippen LogP contribution in [0.15, 0.2) is 49.3 Å². The molecule has 2 amide bonds. The Morgan fingerprint density at radius 1 is 1.22 bits per heavy atom. The maximum Gasteiger partial charge on any atom is 0.257 e. The predicted molar refractivity (Wildman–Crippen MR) is 90.9 cm³/mol. The Hall–Kier alpha value is -2.66. The zero-order valence-electron chi connectivity index (χ0n) is 12.6. The van der Waals surface area contributed by atoms with Crippen molar-refractivity contribution in [3.63, 3.8) is 0 Å². The van der Waals surface area contributed by atoms with E-state index in [9.17, 15) is 9.59 Å². The smallest absolute Gasteiger partial charge is 0.257 e. The van der Waals surface area contributed by atoms with E-state index in [-0.39, 0.29) is 17.4 Å². The van der Waals surface area contributed by atoms with Crippen molar-refractivity contribution in [2.45, 2.75) is 6.92 Å². The highest BCUT2D eigenvalue weighted by Gasteiger charge is 2.12. The van der Waals surface area contributed by atoms with Gasteiger partial charge in [0.25, 0.3) is 11.8 Å². The van der Waals surface area contributed by atoms with E-state index in [1.54, 1.807) is 18.2 Å². The summed E-state index contributed by atoms with van der Waals surface area (Å²) in [7, 11) is 0. The normalized spacial score (nSPS) is 10.0. The zero-order chi connectivity index (χ0) is 16.8. The number of pyridine rings is 1. The van der Waals surface area contributed by atoms with E-state index in [2.05, 4.69) is 22.2 Å². The van der Waals surface area contributed by atoms with Crippen LogP contribution in [-0.4, -0.2) is 23.3 Å². The van der Waals surface area contributed by atoms with Crippen molar-refractivity contribution in [3.8, 4) is 0 Å². The molecule has 118 valence electrons. The lowest BCUT2D eigenvalue weighted by Crippen LogP contribution is -2.24. The van der Waals surface area contributed by atoms with Gasteiger partial charge in [-0.25, -0.2) is 0 Å². The van der Waals surface area contributed by atoms with Crippen LogP contribution in [0.2, 0.25) is 5.02 Å². The first-order valence-corrected chi connectivity index (χ1v) is 7.30. The molecule has 0 atom stereocenters. The Morgan fingerprint density at radius 3 is 2.61 bits per heavy atom. The molecule has 0 spiro atoms. The second kappa shape index (κ2) is 7.56. The van der Waals surface area contributed by atoms with Crippen LogP contribution in [0, 0.1) is 6.92 Å². The Morgan fingerprint density at radius 2 is 1.91 bits per heavy atom. The number of hydrogen-bond acceptors (Lipinski definition) is 3. The van der Waals surface area contributed by atoms with Crippen molar-refractivity contribution >= 4 is 29.1 Å². The SMILES string of the molecule is C=CCNC(=O)c1cncc(C(=O)Nc2cc(Cl)ccc2C)c1. The molecule has 2 N–H and O–H groups in total. The summed E-state index contributed by atoms with van der Waals surface area (Å²) in [6.07, 6.45) is 4.38. The van der Waals surface area contributed by atoms with Crippen LogP contribution in [0.4, 0.5) is 5.69 Å². The predicted octanol–water partition coefficient (Wildman–Crippen LogP) is 3.21. The molecule has 2 aromatic rings. The van der Waals surface area contributed by atoms with Gasteiger partial charge in [-0.1, -0.05) is 23.7 Å². The Kier molecular flexibility index (Phi) is 5.49. The molecule has 2 rings (SSSR count). The third-order valence-electron chi connectivity index (χ3n) is 3.12. The fourth-order valence-electron chi connectivity index (χ4n) is 1.88. The van der Waals surface area contributed by atoms with Crippen molar-refractivity contribution in [3.05, 3.63) is 71.0 Å². The van der Waals surface area contributed by atoms with E-state index >= 15 is 0 Å². The number of nitrogens with zero attached hydrogens (tertiary/aromatic N) is 1. The molecule has 23 heavy (non-hydrogen) atoms. The number of rotatable bonds is 5.